The van der Waals surface area contributed by atoms with Gasteiger partial charge < -0.3 is 4.74 Å². The zero-order chi connectivity index (χ0) is 14.0. The van der Waals surface area contributed by atoms with Gasteiger partial charge in [-0.15, -0.1) is 0 Å². The Balaban J connectivity index is 2.22. The number of rotatable bonds is 3. The van der Waals surface area contributed by atoms with Crippen molar-refractivity contribution in [2.24, 2.45) is 0 Å². The maximum Gasteiger partial charge on any atom is 0.338 e. The molecular formula is C14H13NO4. The lowest BCUT2D eigenvalue weighted by atomic mass is 10.2. The van der Waals surface area contributed by atoms with Gasteiger partial charge in [-0.05, 0) is 38.1 Å². The van der Waals surface area contributed by atoms with Crippen molar-refractivity contribution in [1.29, 1.82) is 0 Å². The van der Waals surface area contributed by atoms with E-state index in [-0.39, 0.29) is 11.8 Å². The Hall–Kier alpha value is -2.43. The minimum Gasteiger partial charge on any atom is -0.462 e. The molecule has 5 nitrogen and oxygen atoms in total. The van der Waals surface area contributed by atoms with Crippen LogP contribution in [0.25, 0.3) is 0 Å². The molecule has 1 aliphatic rings. The summed E-state index contributed by atoms with van der Waals surface area (Å²) in [7, 11) is 0. The normalized spacial score (nSPS) is 14.6. The van der Waals surface area contributed by atoms with Crippen molar-refractivity contribution in [3.8, 4) is 0 Å². The molecule has 1 aromatic carbocycles. The highest BCUT2D eigenvalue weighted by molar-refractivity contribution is 6.30. The first-order chi connectivity index (χ1) is 9.04. The topological polar surface area (TPSA) is 63.7 Å². The largest absolute Gasteiger partial charge is 0.462 e. The lowest BCUT2D eigenvalue weighted by Crippen LogP contribution is -2.30. The van der Waals surface area contributed by atoms with E-state index < -0.39 is 5.97 Å². The molecule has 0 unspecified atom stereocenters. The van der Waals surface area contributed by atoms with E-state index in [4.69, 9.17) is 4.74 Å². The van der Waals surface area contributed by atoms with Crippen molar-refractivity contribution >= 4 is 23.5 Å². The van der Waals surface area contributed by atoms with E-state index in [1.54, 1.807) is 26.0 Å². The molecule has 0 spiro atoms. The third kappa shape index (κ3) is 2.40. The SMILES string of the molecule is CCOC(=O)c1ccc(N2C(=O)C=C(C)C2=O)cc1. The molecule has 0 radical (unpaired) electrons. The van der Waals surface area contributed by atoms with Crippen LogP contribution in [-0.4, -0.2) is 24.4 Å². The number of benzene rings is 1. The average Bonchev–Trinajstić information content (AvgIpc) is 2.64. The third-order valence-electron chi connectivity index (χ3n) is 2.74. The Morgan fingerprint density at radius 1 is 1.21 bits per heavy atom. The molecule has 0 fully saturated rings. The van der Waals surface area contributed by atoms with Crippen LogP contribution in [0.1, 0.15) is 24.2 Å². The maximum atomic E-state index is 11.8. The van der Waals surface area contributed by atoms with Crippen LogP contribution in [0.3, 0.4) is 0 Å². The van der Waals surface area contributed by atoms with Crippen LogP contribution in [0.4, 0.5) is 5.69 Å². The number of ether oxygens (including phenoxy) is 1. The fourth-order valence-electron chi connectivity index (χ4n) is 1.79. The number of esters is 1. The number of imide groups is 1. The first kappa shape index (κ1) is 13.0. The Morgan fingerprint density at radius 2 is 1.84 bits per heavy atom. The number of carbonyl (C=O) groups excluding carboxylic acids is 3. The molecule has 19 heavy (non-hydrogen) atoms. The van der Waals surface area contributed by atoms with Gasteiger partial charge in [-0.2, -0.15) is 0 Å². The maximum absolute atomic E-state index is 11.8. The van der Waals surface area contributed by atoms with Crippen molar-refractivity contribution in [3.63, 3.8) is 0 Å². The summed E-state index contributed by atoms with van der Waals surface area (Å²) < 4.78 is 4.86. The first-order valence-corrected chi connectivity index (χ1v) is 5.88. The molecule has 0 saturated carbocycles. The monoisotopic (exact) mass is 259 g/mol. The van der Waals surface area contributed by atoms with Crippen LogP contribution in [0.2, 0.25) is 0 Å². The highest BCUT2D eigenvalue weighted by atomic mass is 16.5. The first-order valence-electron chi connectivity index (χ1n) is 5.88. The lowest BCUT2D eigenvalue weighted by molar-refractivity contribution is -0.120. The lowest BCUT2D eigenvalue weighted by Gasteiger charge is -2.14. The molecule has 98 valence electrons. The van der Waals surface area contributed by atoms with E-state index in [0.29, 0.717) is 23.4 Å². The highest BCUT2D eigenvalue weighted by Crippen LogP contribution is 2.22. The molecule has 2 amide bonds. The van der Waals surface area contributed by atoms with Crippen molar-refractivity contribution in [2.75, 3.05) is 11.5 Å². The van der Waals surface area contributed by atoms with Gasteiger partial charge in [0.05, 0.1) is 17.9 Å². The highest BCUT2D eigenvalue weighted by Gasteiger charge is 2.29. The second-order valence-electron chi connectivity index (χ2n) is 4.07. The summed E-state index contributed by atoms with van der Waals surface area (Å²) in [6.45, 7) is 3.61. The summed E-state index contributed by atoms with van der Waals surface area (Å²) in [5.74, 6) is -1.14. The van der Waals surface area contributed by atoms with E-state index in [2.05, 4.69) is 0 Å². The van der Waals surface area contributed by atoms with Crippen LogP contribution in [0, 0.1) is 0 Å². The molecule has 0 aliphatic carbocycles. The van der Waals surface area contributed by atoms with Gasteiger partial charge >= 0.3 is 5.97 Å². The Labute approximate surface area is 110 Å². The van der Waals surface area contributed by atoms with Crippen LogP contribution < -0.4 is 4.90 Å². The number of hydrogen-bond donors (Lipinski definition) is 0. The van der Waals surface area contributed by atoms with Gasteiger partial charge in [0.1, 0.15) is 0 Å². The fraction of sp³-hybridized carbons (Fsp3) is 0.214. The van der Waals surface area contributed by atoms with Crippen LogP contribution >= 0.6 is 0 Å². The smallest absolute Gasteiger partial charge is 0.338 e. The Morgan fingerprint density at radius 3 is 2.32 bits per heavy atom. The Bertz CT molecular complexity index is 572. The number of amides is 2. The Kier molecular flexibility index (Phi) is 3.46. The molecule has 1 aliphatic heterocycles. The van der Waals surface area contributed by atoms with Gasteiger partial charge in [-0.25, -0.2) is 9.69 Å². The van der Waals surface area contributed by atoms with E-state index in [9.17, 15) is 14.4 Å². The molecule has 0 N–H and O–H groups in total. The number of carbonyl (C=O) groups is 3. The predicted molar refractivity (Wildman–Crippen MR) is 68.6 cm³/mol. The van der Waals surface area contributed by atoms with Crippen molar-refractivity contribution < 1.29 is 19.1 Å². The summed E-state index contributed by atoms with van der Waals surface area (Å²) in [6, 6.07) is 6.16. The van der Waals surface area contributed by atoms with Crippen molar-refractivity contribution in [2.45, 2.75) is 13.8 Å². The molecule has 2 rings (SSSR count). The van der Waals surface area contributed by atoms with E-state index in [1.807, 2.05) is 0 Å². The molecule has 1 heterocycles. The van der Waals surface area contributed by atoms with Crippen molar-refractivity contribution in [1.82, 2.24) is 0 Å². The predicted octanol–water partition coefficient (Wildman–Crippen LogP) is 1.68. The second kappa shape index (κ2) is 5.06. The summed E-state index contributed by atoms with van der Waals surface area (Å²) in [6.07, 6.45) is 1.29. The van der Waals surface area contributed by atoms with Gasteiger partial charge in [0.25, 0.3) is 11.8 Å². The van der Waals surface area contributed by atoms with E-state index in [0.717, 1.165) is 4.90 Å². The summed E-state index contributed by atoms with van der Waals surface area (Å²) in [4.78, 5) is 36.0. The van der Waals surface area contributed by atoms with Crippen molar-refractivity contribution in [3.05, 3.63) is 41.5 Å². The molecule has 1 aromatic rings. The summed E-state index contributed by atoms with van der Waals surface area (Å²) in [5, 5.41) is 0. The molecule has 0 aromatic heterocycles. The quantitative estimate of drug-likeness (QED) is 0.612. The summed E-state index contributed by atoms with van der Waals surface area (Å²) in [5.41, 5.74) is 1.23. The number of hydrogen-bond acceptors (Lipinski definition) is 4. The number of anilines is 1. The summed E-state index contributed by atoms with van der Waals surface area (Å²) >= 11 is 0. The molecule has 5 heteroatoms. The average molecular weight is 259 g/mol. The van der Waals surface area contributed by atoms with E-state index >= 15 is 0 Å². The fourth-order valence-corrected chi connectivity index (χ4v) is 1.79. The zero-order valence-corrected chi connectivity index (χ0v) is 10.7. The van der Waals surface area contributed by atoms with Crippen LogP contribution in [0.5, 0.6) is 0 Å². The molecular weight excluding hydrogens is 246 g/mol. The van der Waals surface area contributed by atoms with Gasteiger partial charge in [-0.1, -0.05) is 0 Å². The van der Waals surface area contributed by atoms with Crippen LogP contribution in [-0.2, 0) is 14.3 Å². The van der Waals surface area contributed by atoms with Gasteiger partial charge in [-0.3, -0.25) is 9.59 Å². The second-order valence-corrected chi connectivity index (χ2v) is 4.07. The molecule has 0 atom stereocenters. The van der Waals surface area contributed by atoms with Gasteiger partial charge in [0.15, 0.2) is 0 Å². The van der Waals surface area contributed by atoms with Gasteiger partial charge in [0.2, 0.25) is 0 Å². The standard InChI is InChI=1S/C14H13NO4/c1-3-19-14(18)10-4-6-11(7-5-10)15-12(16)8-9(2)13(15)17/h4-8H,3H2,1-2H3. The minimum atomic E-state index is -0.428. The van der Waals surface area contributed by atoms with E-state index in [1.165, 1.54) is 18.2 Å². The van der Waals surface area contributed by atoms with Crippen LogP contribution in [0.15, 0.2) is 35.9 Å². The molecule has 0 saturated heterocycles. The zero-order valence-electron chi connectivity index (χ0n) is 10.7. The number of nitrogens with zero attached hydrogens (tertiary/aromatic N) is 1. The van der Waals surface area contributed by atoms with Gasteiger partial charge in [0, 0.05) is 11.6 Å². The third-order valence-corrected chi connectivity index (χ3v) is 2.74. The molecule has 0 bridgehead atoms. The minimum absolute atomic E-state index is 0.298.